The first kappa shape index (κ1) is 14.5. The first-order valence-electron chi connectivity index (χ1n) is 7.28. The summed E-state index contributed by atoms with van der Waals surface area (Å²) in [4.78, 5) is 29.7. The molecule has 1 saturated carbocycles. The minimum Gasteiger partial charge on any atom is -0.446 e. The molecule has 0 bridgehead atoms. The zero-order chi connectivity index (χ0) is 14.8. The third-order valence-electron chi connectivity index (χ3n) is 3.99. The van der Waals surface area contributed by atoms with Crippen LogP contribution < -0.4 is 4.90 Å². The van der Waals surface area contributed by atoms with Crippen molar-refractivity contribution < 1.29 is 14.3 Å². The number of hydrogen-bond donors (Lipinski definition) is 0. The summed E-state index contributed by atoms with van der Waals surface area (Å²) in [6.07, 6.45) is 5.36. The summed E-state index contributed by atoms with van der Waals surface area (Å²) in [5, 5.41) is 0. The molecule has 1 aromatic rings. The highest BCUT2D eigenvalue weighted by Crippen LogP contribution is 2.30. The fourth-order valence-electron chi connectivity index (χ4n) is 2.85. The molecule has 112 valence electrons. The summed E-state index contributed by atoms with van der Waals surface area (Å²) in [6, 6.07) is 1.90. The summed E-state index contributed by atoms with van der Waals surface area (Å²) < 4.78 is 6.44. The molecule has 21 heavy (non-hydrogen) atoms. The Balaban J connectivity index is 1.67. The molecule has 6 heteroatoms. The molecule has 1 aliphatic carbocycles. The first-order chi connectivity index (χ1) is 10.1. The molecule has 1 aromatic heterocycles. The van der Waals surface area contributed by atoms with Gasteiger partial charge in [0.05, 0.1) is 11.4 Å². The maximum atomic E-state index is 12.4. The van der Waals surface area contributed by atoms with E-state index in [1.54, 1.807) is 11.1 Å². The van der Waals surface area contributed by atoms with Crippen LogP contribution in [0.5, 0.6) is 0 Å². The molecule has 0 radical (unpaired) electrons. The molecule has 1 aliphatic heterocycles. The standard InChI is InChI=1S/C15H17BrN2O3/c16-10-8-14-13(17-9-10)6-7-18(14)15(20)21-12-3-1-2-11(19)4-5-12/h8-9,12H,1-7H2. The minimum absolute atomic E-state index is 0.145. The number of nitrogens with zero attached hydrogens (tertiary/aromatic N) is 2. The molecule has 1 atom stereocenters. The van der Waals surface area contributed by atoms with Gasteiger partial charge in [-0.25, -0.2) is 4.79 Å². The number of carbonyl (C=O) groups is 2. The van der Waals surface area contributed by atoms with Gasteiger partial charge in [-0.2, -0.15) is 0 Å². The molecule has 0 aromatic carbocycles. The zero-order valence-corrected chi connectivity index (χ0v) is 13.3. The second kappa shape index (κ2) is 6.13. The quantitative estimate of drug-likeness (QED) is 0.728. The lowest BCUT2D eigenvalue weighted by Gasteiger charge is -2.21. The van der Waals surface area contributed by atoms with Crippen LogP contribution in [0.15, 0.2) is 16.7 Å². The summed E-state index contributed by atoms with van der Waals surface area (Å²) >= 11 is 3.38. The van der Waals surface area contributed by atoms with E-state index in [2.05, 4.69) is 20.9 Å². The summed E-state index contributed by atoms with van der Waals surface area (Å²) in [5.74, 6) is 0.271. The van der Waals surface area contributed by atoms with Crippen LogP contribution in [0, 0.1) is 0 Å². The number of aromatic nitrogens is 1. The maximum Gasteiger partial charge on any atom is 0.414 e. The van der Waals surface area contributed by atoms with Gasteiger partial charge in [-0.1, -0.05) is 0 Å². The molecule has 5 nitrogen and oxygen atoms in total. The summed E-state index contributed by atoms with van der Waals surface area (Å²) in [7, 11) is 0. The molecule has 1 fully saturated rings. The Kier molecular flexibility index (Phi) is 4.24. The summed E-state index contributed by atoms with van der Waals surface area (Å²) in [5.41, 5.74) is 1.74. The maximum absolute atomic E-state index is 12.4. The van der Waals surface area contributed by atoms with E-state index in [9.17, 15) is 9.59 Å². The highest BCUT2D eigenvalue weighted by atomic mass is 79.9. The third kappa shape index (κ3) is 3.26. The molecule has 1 unspecified atom stereocenters. The van der Waals surface area contributed by atoms with E-state index < -0.39 is 0 Å². The lowest BCUT2D eigenvalue weighted by Crippen LogP contribution is -2.33. The predicted octanol–water partition coefficient (Wildman–Crippen LogP) is 3.25. The van der Waals surface area contributed by atoms with Crippen molar-refractivity contribution in [3.8, 4) is 0 Å². The van der Waals surface area contributed by atoms with Crippen molar-refractivity contribution >= 4 is 33.5 Å². The van der Waals surface area contributed by atoms with E-state index in [4.69, 9.17) is 4.74 Å². The molecule has 0 spiro atoms. The Morgan fingerprint density at radius 1 is 1.33 bits per heavy atom. The Hall–Kier alpha value is -1.43. The number of ether oxygens (including phenoxy) is 1. The van der Waals surface area contributed by atoms with Crippen LogP contribution in [0.2, 0.25) is 0 Å². The van der Waals surface area contributed by atoms with E-state index >= 15 is 0 Å². The third-order valence-corrected chi connectivity index (χ3v) is 4.43. The number of ketones is 1. The fourth-order valence-corrected chi connectivity index (χ4v) is 3.17. The molecule has 0 saturated heterocycles. The van der Waals surface area contributed by atoms with Gasteiger partial charge in [-0.3, -0.25) is 14.7 Å². The molecule has 0 N–H and O–H groups in total. The van der Waals surface area contributed by atoms with Crippen LogP contribution in [0.25, 0.3) is 0 Å². The molecular weight excluding hydrogens is 336 g/mol. The Morgan fingerprint density at radius 3 is 3.05 bits per heavy atom. The van der Waals surface area contributed by atoms with Crippen LogP contribution in [0.1, 0.15) is 37.8 Å². The number of hydrogen-bond acceptors (Lipinski definition) is 4. The number of amides is 1. The van der Waals surface area contributed by atoms with E-state index in [0.717, 1.165) is 35.1 Å². The van der Waals surface area contributed by atoms with Crippen molar-refractivity contribution in [3.05, 3.63) is 22.4 Å². The van der Waals surface area contributed by atoms with Crippen molar-refractivity contribution in [2.24, 2.45) is 0 Å². The van der Waals surface area contributed by atoms with Crippen LogP contribution in [0.3, 0.4) is 0 Å². The summed E-state index contributed by atoms with van der Waals surface area (Å²) in [6.45, 7) is 0.600. The normalized spacial score (nSPS) is 21.9. The number of Topliss-reactive ketones (excluding diaryl/α,β-unsaturated/α-hetero) is 1. The van der Waals surface area contributed by atoms with Crippen molar-refractivity contribution in [1.29, 1.82) is 0 Å². The number of rotatable bonds is 1. The number of carbonyl (C=O) groups excluding carboxylic acids is 2. The van der Waals surface area contributed by atoms with Gasteiger partial charge < -0.3 is 4.74 Å². The van der Waals surface area contributed by atoms with Crippen LogP contribution in [-0.4, -0.2) is 29.5 Å². The SMILES string of the molecule is O=C1CCCC(OC(=O)N2CCc3ncc(Br)cc32)CC1. The Bertz CT molecular complexity index is 576. The van der Waals surface area contributed by atoms with Gasteiger partial charge in [0, 0.05) is 36.5 Å². The van der Waals surface area contributed by atoms with Crippen molar-refractivity contribution in [2.45, 2.75) is 44.6 Å². The van der Waals surface area contributed by atoms with Gasteiger partial charge >= 0.3 is 6.09 Å². The minimum atomic E-state index is -0.326. The average molecular weight is 353 g/mol. The second-order valence-electron chi connectivity index (χ2n) is 5.50. The lowest BCUT2D eigenvalue weighted by molar-refractivity contribution is -0.119. The van der Waals surface area contributed by atoms with Crippen LogP contribution in [0.4, 0.5) is 10.5 Å². The van der Waals surface area contributed by atoms with Gasteiger partial charge in [0.1, 0.15) is 11.9 Å². The molecule has 3 rings (SSSR count). The molecule has 1 amide bonds. The van der Waals surface area contributed by atoms with E-state index in [-0.39, 0.29) is 18.0 Å². The fraction of sp³-hybridized carbons (Fsp3) is 0.533. The highest BCUT2D eigenvalue weighted by Gasteiger charge is 2.29. The lowest BCUT2D eigenvalue weighted by atomic mass is 10.1. The average Bonchev–Trinajstić information content (AvgIpc) is 2.76. The topological polar surface area (TPSA) is 59.5 Å². The largest absolute Gasteiger partial charge is 0.446 e. The van der Waals surface area contributed by atoms with Crippen LogP contribution in [-0.2, 0) is 16.0 Å². The van der Waals surface area contributed by atoms with Gasteiger partial charge in [-0.15, -0.1) is 0 Å². The Labute approximate surface area is 131 Å². The van der Waals surface area contributed by atoms with Gasteiger partial charge in [0.15, 0.2) is 0 Å². The van der Waals surface area contributed by atoms with Crippen LogP contribution >= 0.6 is 15.9 Å². The highest BCUT2D eigenvalue weighted by molar-refractivity contribution is 9.10. The van der Waals surface area contributed by atoms with Crippen molar-refractivity contribution in [2.75, 3.05) is 11.4 Å². The monoisotopic (exact) mass is 352 g/mol. The first-order valence-corrected chi connectivity index (χ1v) is 8.07. The number of anilines is 1. The van der Waals surface area contributed by atoms with E-state index in [1.807, 2.05) is 6.07 Å². The van der Waals surface area contributed by atoms with Gasteiger partial charge in [0.25, 0.3) is 0 Å². The van der Waals surface area contributed by atoms with E-state index in [0.29, 0.717) is 25.8 Å². The van der Waals surface area contributed by atoms with Gasteiger partial charge in [-0.05, 0) is 41.3 Å². The Morgan fingerprint density at radius 2 is 2.19 bits per heavy atom. The predicted molar refractivity (Wildman–Crippen MR) is 81.3 cm³/mol. The second-order valence-corrected chi connectivity index (χ2v) is 6.41. The van der Waals surface area contributed by atoms with E-state index in [1.165, 1.54) is 0 Å². The molecular formula is C15H17BrN2O3. The number of fused-ring (bicyclic) bond motifs is 1. The van der Waals surface area contributed by atoms with Gasteiger partial charge in [0.2, 0.25) is 0 Å². The zero-order valence-electron chi connectivity index (χ0n) is 11.7. The van der Waals surface area contributed by atoms with Crippen molar-refractivity contribution in [1.82, 2.24) is 4.98 Å². The molecule has 2 heterocycles. The van der Waals surface area contributed by atoms with Crippen molar-refractivity contribution in [3.63, 3.8) is 0 Å². The molecule has 2 aliphatic rings. The number of halogens is 1. The number of pyridine rings is 1. The smallest absolute Gasteiger partial charge is 0.414 e.